The van der Waals surface area contributed by atoms with Gasteiger partial charge in [-0.15, -0.1) is 0 Å². The van der Waals surface area contributed by atoms with Crippen molar-refractivity contribution in [2.24, 2.45) is 0 Å². The van der Waals surface area contributed by atoms with Gasteiger partial charge in [0.2, 0.25) is 5.95 Å². The largest absolute Gasteiger partial charge is 0.497 e. The third-order valence-corrected chi connectivity index (χ3v) is 3.33. The molecule has 0 radical (unpaired) electrons. The number of hydrogen-bond acceptors (Lipinski definition) is 5. The zero-order valence-corrected chi connectivity index (χ0v) is 11.2. The van der Waals surface area contributed by atoms with Crippen LogP contribution in [0.2, 0.25) is 0 Å². The summed E-state index contributed by atoms with van der Waals surface area (Å²) in [4.78, 5) is 11.8. The summed E-state index contributed by atoms with van der Waals surface area (Å²) in [5, 5.41) is 12.3. The molecule has 0 unspecified atom stereocenters. The third kappa shape index (κ3) is 1.86. The van der Waals surface area contributed by atoms with Crippen molar-refractivity contribution in [1.82, 2.24) is 25.1 Å². The maximum Gasteiger partial charge on any atom is 0.205 e. The number of aromatic amines is 2. The Kier molecular flexibility index (Phi) is 2.50. The molecule has 0 spiro atoms. The number of nitrogens with zero attached hydrogens (tertiary/aromatic N) is 3. The number of methoxy groups -OCH3 is 1. The maximum atomic E-state index is 5.27. The van der Waals surface area contributed by atoms with Crippen LogP contribution in [0.15, 0.2) is 36.8 Å². The number of fused-ring (bicyclic) bond motifs is 3. The van der Waals surface area contributed by atoms with E-state index < -0.39 is 0 Å². The molecule has 7 nitrogen and oxygen atoms in total. The van der Waals surface area contributed by atoms with E-state index in [1.165, 1.54) is 0 Å². The Balaban J connectivity index is 1.96. The van der Waals surface area contributed by atoms with Crippen LogP contribution in [0.4, 0.5) is 11.8 Å². The van der Waals surface area contributed by atoms with Crippen LogP contribution in [0.1, 0.15) is 0 Å². The van der Waals surface area contributed by atoms with Gasteiger partial charge in [-0.3, -0.25) is 5.10 Å². The van der Waals surface area contributed by atoms with Crippen LogP contribution in [0, 0.1) is 0 Å². The van der Waals surface area contributed by atoms with Gasteiger partial charge in [0, 0.05) is 29.4 Å². The zero-order chi connectivity index (χ0) is 14.2. The highest BCUT2D eigenvalue weighted by atomic mass is 16.5. The Labute approximate surface area is 119 Å². The minimum Gasteiger partial charge on any atom is -0.497 e. The lowest BCUT2D eigenvalue weighted by Gasteiger charge is -2.07. The van der Waals surface area contributed by atoms with Crippen LogP contribution < -0.4 is 10.1 Å². The Hall–Kier alpha value is -3.09. The van der Waals surface area contributed by atoms with E-state index in [0.717, 1.165) is 27.6 Å². The van der Waals surface area contributed by atoms with Crippen LogP contribution in [0.25, 0.3) is 21.8 Å². The van der Waals surface area contributed by atoms with Crippen molar-refractivity contribution >= 4 is 33.6 Å². The molecule has 1 aromatic carbocycles. The van der Waals surface area contributed by atoms with E-state index in [1.54, 1.807) is 19.5 Å². The van der Waals surface area contributed by atoms with Crippen LogP contribution in [-0.4, -0.2) is 32.3 Å². The Morgan fingerprint density at radius 2 is 2.19 bits per heavy atom. The highest BCUT2D eigenvalue weighted by Crippen LogP contribution is 2.30. The normalized spacial score (nSPS) is 11.1. The number of pyridine rings is 1. The van der Waals surface area contributed by atoms with Gasteiger partial charge in [0.15, 0.2) is 5.82 Å². The van der Waals surface area contributed by atoms with Crippen LogP contribution >= 0.6 is 0 Å². The van der Waals surface area contributed by atoms with Gasteiger partial charge in [0.05, 0.1) is 12.6 Å². The van der Waals surface area contributed by atoms with E-state index in [0.29, 0.717) is 11.8 Å². The second kappa shape index (κ2) is 4.48. The second-order valence-electron chi connectivity index (χ2n) is 4.55. The molecule has 3 aromatic heterocycles. The highest BCUT2D eigenvalue weighted by Gasteiger charge is 2.12. The fourth-order valence-corrected chi connectivity index (χ4v) is 2.34. The summed E-state index contributed by atoms with van der Waals surface area (Å²) in [5.41, 5.74) is 1.62. The molecule has 0 aliphatic carbocycles. The van der Waals surface area contributed by atoms with Crippen LogP contribution in [0.5, 0.6) is 5.75 Å². The maximum absolute atomic E-state index is 5.27. The number of rotatable bonds is 3. The monoisotopic (exact) mass is 280 g/mol. The van der Waals surface area contributed by atoms with Crippen molar-refractivity contribution in [3.8, 4) is 5.75 Å². The van der Waals surface area contributed by atoms with Gasteiger partial charge < -0.3 is 15.0 Å². The Morgan fingerprint density at radius 1 is 1.24 bits per heavy atom. The van der Waals surface area contributed by atoms with Crippen molar-refractivity contribution in [3.05, 3.63) is 36.8 Å². The molecule has 4 aromatic rings. The molecule has 3 heterocycles. The minimum atomic E-state index is 0.625. The van der Waals surface area contributed by atoms with Gasteiger partial charge in [0.25, 0.3) is 0 Å². The van der Waals surface area contributed by atoms with Gasteiger partial charge in [-0.2, -0.15) is 5.10 Å². The van der Waals surface area contributed by atoms with Crippen molar-refractivity contribution in [3.63, 3.8) is 0 Å². The molecule has 0 fully saturated rings. The summed E-state index contributed by atoms with van der Waals surface area (Å²) in [6, 6.07) is 5.77. The van der Waals surface area contributed by atoms with Gasteiger partial charge in [-0.25, -0.2) is 9.97 Å². The molecule has 0 bridgehead atoms. The first-order valence-electron chi connectivity index (χ1n) is 6.43. The van der Waals surface area contributed by atoms with Gasteiger partial charge in [-0.05, 0) is 18.2 Å². The van der Waals surface area contributed by atoms with E-state index in [9.17, 15) is 0 Å². The molecule has 0 amide bonds. The fraction of sp³-hybridized carbons (Fsp3) is 0.0714. The molecule has 0 saturated carbocycles. The van der Waals surface area contributed by atoms with Crippen molar-refractivity contribution in [2.45, 2.75) is 0 Å². The SMILES string of the molecule is COc1ccc2nc(Nc3ncc[nH]3)c3n[nH]cc3c2c1. The van der Waals surface area contributed by atoms with Gasteiger partial charge >= 0.3 is 0 Å². The predicted molar refractivity (Wildman–Crippen MR) is 79.8 cm³/mol. The molecule has 7 heteroatoms. The van der Waals surface area contributed by atoms with Crippen LogP contribution in [-0.2, 0) is 0 Å². The molecule has 4 rings (SSSR count). The van der Waals surface area contributed by atoms with Gasteiger partial charge in [-0.1, -0.05) is 0 Å². The first-order valence-corrected chi connectivity index (χ1v) is 6.43. The Bertz CT molecular complexity index is 912. The standard InChI is InChI=1S/C14H12N6O/c1-21-8-2-3-11-9(6-8)10-7-17-20-12(10)13(18-11)19-14-15-4-5-16-14/h2-7H,1H3,(H,17,20)(H2,15,16,18,19). The molecule has 0 aliphatic heterocycles. The summed E-state index contributed by atoms with van der Waals surface area (Å²) in [7, 11) is 1.65. The summed E-state index contributed by atoms with van der Waals surface area (Å²) in [6.45, 7) is 0. The average molecular weight is 280 g/mol. The van der Waals surface area contributed by atoms with Crippen LogP contribution in [0.3, 0.4) is 0 Å². The predicted octanol–water partition coefficient (Wildman–Crippen LogP) is 2.59. The molecular weight excluding hydrogens is 268 g/mol. The molecule has 0 atom stereocenters. The van der Waals surface area contributed by atoms with Crippen molar-refractivity contribution in [2.75, 3.05) is 12.4 Å². The van der Waals surface area contributed by atoms with E-state index in [4.69, 9.17) is 4.74 Å². The fourth-order valence-electron chi connectivity index (χ4n) is 2.34. The number of hydrogen-bond donors (Lipinski definition) is 3. The molecule has 3 N–H and O–H groups in total. The lowest BCUT2D eigenvalue weighted by atomic mass is 10.1. The smallest absolute Gasteiger partial charge is 0.205 e. The second-order valence-corrected chi connectivity index (χ2v) is 4.55. The van der Waals surface area contributed by atoms with E-state index in [-0.39, 0.29) is 0 Å². The van der Waals surface area contributed by atoms with Crippen molar-refractivity contribution < 1.29 is 4.74 Å². The lowest BCUT2D eigenvalue weighted by molar-refractivity contribution is 0.415. The number of ether oxygens (including phenoxy) is 1. The Morgan fingerprint density at radius 3 is 3.00 bits per heavy atom. The number of anilines is 2. The zero-order valence-electron chi connectivity index (χ0n) is 11.2. The number of nitrogens with one attached hydrogen (secondary N) is 3. The summed E-state index contributed by atoms with van der Waals surface area (Å²) in [6.07, 6.45) is 5.28. The molecular formula is C14H12N6O. The lowest BCUT2D eigenvalue weighted by Crippen LogP contribution is -1.97. The molecule has 21 heavy (non-hydrogen) atoms. The summed E-state index contributed by atoms with van der Waals surface area (Å²) >= 11 is 0. The third-order valence-electron chi connectivity index (χ3n) is 3.33. The molecule has 104 valence electrons. The first kappa shape index (κ1) is 11.7. The summed E-state index contributed by atoms with van der Waals surface area (Å²) < 4.78 is 5.27. The quantitative estimate of drug-likeness (QED) is 0.536. The highest BCUT2D eigenvalue weighted by molar-refractivity contribution is 6.08. The van der Waals surface area contributed by atoms with E-state index in [1.807, 2.05) is 24.4 Å². The number of H-pyrrole nitrogens is 2. The van der Waals surface area contributed by atoms with Gasteiger partial charge in [0.1, 0.15) is 11.3 Å². The van der Waals surface area contributed by atoms with E-state index in [2.05, 4.69) is 30.5 Å². The number of aromatic nitrogens is 5. The first-order chi connectivity index (χ1) is 10.3. The number of benzene rings is 1. The van der Waals surface area contributed by atoms with E-state index >= 15 is 0 Å². The molecule has 0 saturated heterocycles. The molecule has 0 aliphatic rings. The average Bonchev–Trinajstić information content (AvgIpc) is 3.18. The van der Waals surface area contributed by atoms with Crippen molar-refractivity contribution in [1.29, 1.82) is 0 Å². The number of imidazole rings is 1. The topological polar surface area (TPSA) is 91.5 Å². The minimum absolute atomic E-state index is 0.625. The summed E-state index contributed by atoms with van der Waals surface area (Å²) in [5.74, 6) is 2.07.